The van der Waals surface area contributed by atoms with Gasteiger partial charge in [-0.2, -0.15) is 5.10 Å². The highest BCUT2D eigenvalue weighted by molar-refractivity contribution is 6.03. The molecule has 0 bridgehead atoms. The Balaban J connectivity index is 1.76. The lowest BCUT2D eigenvalue weighted by Gasteiger charge is -2.10. The number of halogens is 3. The highest BCUT2D eigenvalue weighted by Gasteiger charge is 2.31. The second kappa shape index (κ2) is 6.90. The number of carbonyl (C=O) groups excluding carboxylic acids is 1. The van der Waals surface area contributed by atoms with Gasteiger partial charge in [0.2, 0.25) is 0 Å². The molecule has 0 unspecified atom stereocenters. The van der Waals surface area contributed by atoms with Gasteiger partial charge in [0, 0.05) is 12.7 Å². The van der Waals surface area contributed by atoms with Gasteiger partial charge in [-0.3, -0.25) is 4.68 Å². The second-order valence-electron chi connectivity index (χ2n) is 5.99. The minimum atomic E-state index is -4.75. The largest absolute Gasteiger partial charge is 0.573 e. The van der Waals surface area contributed by atoms with Crippen LogP contribution in [0, 0.1) is 13.8 Å². The average molecular weight is 379 g/mol. The third-order valence-corrected chi connectivity index (χ3v) is 3.84. The van der Waals surface area contributed by atoms with E-state index in [1.165, 1.54) is 12.1 Å². The van der Waals surface area contributed by atoms with Crippen molar-refractivity contribution in [3.05, 3.63) is 52.8 Å². The zero-order valence-electron chi connectivity index (χ0n) is 14.8. The van der Waals surface area contributed by atoms with Crippen molar-refractivity contribution in [2.24, 2.45) is 7.05 Å². The van der Waals surface area contributed by atoms with Crippen LogP contribution in [-0.2, 0) is 18.4 Å². The number of pyridine rings is 1. The number of aryl methyl sites for hydroxylation is 3. The number of fused-ring (bicyclic) bond motifs is 1. The highest BCUT2D eigenvalue weighted by atomic mass is 19.4. The predicted molar refractivity (Wildman–Crippen MR) is 90.2 cm³/mol. The van der Waals surface area contributed by atoms with Gasteiger partial charge in [0.1, 0.15) is 12.4 Å². The molecule has 0 saturated carbocycles. The SMILES string of the molecule is Cc1cc(C(=O)OCc2ccc(OC(F)(F)F)cc2)c2c(C)nn(C)c2n1. The third kappa shape index (κ3) is 4.18. The first-order chi connectivity index (χ1) is 12.6. The van der Waals surface area contributed by atoms with E-state index in [9.17, 15) is 18.0 Å². The van der Waals surface area contributed by atoms with Gasteiger partial charge >= 0.3 is 12.3 Å². The Kier molecular flexibility index (Phi) is 4.77. The summed E-state index contributed by atoms with van der Waals surface area (Å²) >= 11 is 0. The number of alkyl halides is 3. The van der Waals surface area contributed by atoms with Crippen molar-refractivity contribution in [2.45, 2.75) is 26.8 Å². The lowest BCUT2D eigenvalue weighted by molar-refractivity contribution is -0.274. The summed E-state index contributed by atoms with van der Waals surface area (Å²) in [6.45, 7) is 3.45. The molecule has 2 aromatic heterocycles. The molecule has 0 aliphatic carbocycles. The molecule has 0 aliphatic rings. The average Bonchev–Trinajstić information content (AvgIpc) is 2.86. The van der Waals surface area contributed by atoms with E-state index in [1.807, 2.05) is 0 Å². The van der Waals surface area contributed by atoms with Crippen LogP contribution < -0.4 is 4.74 Å². The van der Waals surface area contributed by atoms with Crippen LogP contribution in [0.5, 0.6) is 5.75 Å². The molecule has 0 fully saturated rings. The summed E-state index contributed by atoms with van der Waals surface area (Å²) in [5.74, 6) is -0.896. The minimum Gasteiger partial charge on any atom is -0.457 e. The summed E-state index contributed by atoms with van der Waals surface area (Å²) in [7, 11) is 1.74. The van der Waals surface area contributed by atoms with Crippen LogP contribution >= 0.6 is 0 Å². The van der Waals surface area contributed by atoms with Gasteiger partial charge in [-0.1, -0.05) is 12.1 Å². The van der Waals surface area contributed by atoms with Gasteiger partial charge in [-0.25, -0.2) is 9.78 Å². The predicted octanol–water partition coefficient (Wildman–Crippen LogP) is 3.84. The number of rotatable bonds is 4. The Morgan fingerprint density at radius 1 is 1.19 bits per heavy atom. The molecule has 0 amide bonds. The monoisotopic (exact) mass is 379 g/mol. The van der Waals surface area contributed by atoms with Gasteiger partial charge in [0.05, 0.1) is 16.6 Å². The van der Waals surface area contributed by atoms with Crippen LogP contribution in [0.2, 0.25) is 0 Å². The number of aromatic nitrogens is 3. The summed E-state index contributed by atoms with van der Waals surface area (Å²) < 4.78 is 47.2. The molecule has 142 valence electrons. The van der Waals surface area contributed by atoms with Crippen molar-refractivity contribution in [3.63, 3.8) is 0 Å². The van der Waals surface area contributed by atoms with Crippen molar-refractivity contribution < 1.29 is 27.4 Å². The fraction of sp³-hybridized carbons (Fsp3) is 0.278. The standard InChI is InChI=1S/C18H16F3N3O3/c1-10-8-14(15-11(2)23-24(3)16(15)22-10)17(25)26-9-12-4-6-13(7-5-12)27-18(19,20)21/h4-8H,9H2,1-3H3. The van der Waals surface area contributed by atoms with Crippen LogP contribution in [0.3, 0.4) is 0 Å². The first-order valence-electron chi connectivity index (χ1n) is 7.97. The maximum absolute atomic E-state index is 12.5. The quantitative estimate of drug-likeness (QED) is 0.645. The molecule has 0 atom stereocenters. The maximum atomic E-state index is 12.5. The van der Waals surface area contributed by atoms with E-state index in [2.05, 4.69) is 14.8 Å². The normalized spacial score (nSPS) is 11.6. The molecule has 1 aromatic carbocycles. The molecule has 3 aromatic rings. The summed E-state index contributed by atoms with van der Waals surface area (Å²) in [5, 5.41) is 4.89. The fourth-order valence-electron chi connectivity index (χ4n) is 2.74. The lowest BCUT2D eigenvalue weighted by atomic mass is 10.1. The third-order valence-electron chi connectivity index (χ3n) is 3.84. The molecule has 0 spiro atoms. The number of nitrogens with zero attached hydrogens (tertiary/aromatic N) is 3. The first-order valence-corrected chi connectivity index (χ1v) is 7.97. The Labute approximate surface area is 152 Å². The summed E-state index contributed by atoms with van der Waals surface area (Å²) in [4.78, 5) is 16.9. The van der Waals surface area contributed by atoms with Crippen molar-refractivity contribution >= 4 is 17.0 Å². The number of ether oxygens (including phenoxy) is 2. The van der Waals surface area contributed by atoms with E-state index in [0.29, 0.717) is 33.5 Å². The Morgan fingerprint density at radius 3 is 2.48 bits per heavy atom. The maximum Gasteiger partial charge on any atom is 0.573 e. The summed E-state index contributed by atoms with van der Waals surface area (Å²) in [5.41, 5.74) is 2.75. The van der Waals surface area contributed by atoms with Crippen LogP contribution in [0.1, 0.15) is 27.3 Å². The molecule has 3 rings (SSSR count). The molecule has 2 heterocycles. The van der Waals surface area contributed by atoms with Gasteiger partial charge in [-0.15, -0.1) is 13.2 Å². The van der Waals surface area contributed by atoms with Crippen molar-refractivity contribution in [2.75, 3.05) is 0 Å². The van der Waals surface area contributed by atoms with Crippen molar-refractivity contribution in [3.8, 4) is 5.75 Å². The van der Waals surface area contributed by atoms with Crippen LogP contribution in [-0.4, -0.2) is 27.1 Å². The summed E-state index contributed by atoms with van der Waals surface area (Å²) in [6, 6.07) is 6.75. The number of hydrogen-bond donors (Lipinski definition) is 0. The van der Waals surface area contributed by atoms with E-state index in [-0.39, 0.29) is 12.4 Å². The van der Waals surface area contributed by atoms with Gasteiger partial charge < -0.3 is 9.47 Å². The Hall–Kier alpha value is -3.10. The molecule has 27 heavy (non-hydrogen) atoms. The Bertz CT molecular complexity index is 995. The topological polar surface area (TPSA) is 66.2 Å². The molecule has 0 saturated heterocycles. The van der Waals surface area contributed by atoms with Crippen molar-refractivity contribution in [1.29, 1.82) is 0 Å². The van der Waals surface area contributed by atoms with Crippen LogP contribution in [0.25, 0.3) is 11.0 Å². The minimum absolute atomic E-state index is 0.0900. The molecule has 0 radical (unpaired) electrons. The molecular formula is C18H16F3N3O3. The number of carbonyl (C=O) groups is 1. The molecule has 6 nitrogen and oxygen atoms in total. The lowest BCUT2D eigenvalue weighted by Crippen LogP contribution is -2.17. The fourth-order valence-corrected chi connectivity index (χ4v) is 2.74. The van der Waals surface area contributed by atoms with Gasteiger partial charge in [0.15, 0.2) is 5.65 Å². The summed E-state index contributed by atoms with van der Waals surface area (Å²) in [6.07, 6.45) is -4.75. The molecule has 0 aliphatic heterocycles. The zero-order valence-corrected chi connectivity index (χ0v) is 14.8. The first kappa shape index (κ1) is 18.7. The Morgan fingerprint density at radius 2 is 1.85 bits per heavy atom. The van der Waals surface area contributed by atoms with E-state index >= 15 is 0 Å². The number of hydrogen-bond acceptors (Lipinski definition) is 5. The molecular weight excluding hydrogens is 363 g/mol. The highest BCUT2D eigenvalue weighted by Crippen LogP contribution is 2.24. The number of esters is 1. The van der Waals surface area contributed by atoms with E-state index in [4.69, 9.17) is 4.74 Å². The van der Waals surface area contributed by atoms with Crippen LogP contribution in [0.4, 0.5) is 13.2 Å². The molecule has 0 N–H and O–H groups in total. The van der Waals surface area contributed by atoms with Gasteiger partial charge in [-0.05, 0) is 37.6 Å². The zero-order chi connectivity index (χ0) is 19.8. The molecule has 9 heteroatoms. The van der Waals surface area contributed by atoms with E-state index in [1.54, 1.807) is 31.6 Å². The number of benzene rings is 1. The van der Waals surface area contributed by atoms with Crippen LogP contribution in [0.15, 0.2) is 30.3 Å². The van der Waals surface area contributed by atoms with Gasteiger partial charge in [0.25, 0.3) is 0 Å². The second-order valence-corrected chi connectivity index (χ2v) is 5.99. The smallest absolute Gasteiger partial charge is 0.457 e. The van der Waals surface area contributed by atoms with Crippen molar-refractivity contribution in [1.82, 2.24) is 14.8 Å². The van der Waals surface area contributed by atoms with E-state index in [0.717, 1.165) is 12.1 Å². The van der Waals surface area contributed by atoms with E-state index < -0.39 is 12.3 Å².